The summed E-state index contributed by atoms with van der Waals surface area (Å²) in [4.78, 5) is 14.3. The van der Waals surface area contributed by atoms with Crippen LogP contribution in [0.15, 0.2) is 4.79 Å². The predicted octanol–water partition coefficient (Wildman–Crippen LogP) is 1.54. The van der Waals surface area contributed by atoms with Gasteiger partial charge in [0.05, 0.1) is 5.69 Å². The molecule has 4 nitrogen and oxygen atoms in total. The maximum atomic E-state index is 11.5. The standard InChI is InChI=1S/C10H19N3O/c1-6(2)5-13-9(11)8(7(3)4)12-10(13)14/h6-7H,5,11H2,1-4H3,(H,12,14). The molecule has 0 bridgehead atoms. The Balaban J connectivity index is 3.12. The first kappa shape index (κ1) is 10.9. The molecule has 0 fully saturated rings. The zero-order valence-electron chi connectivity index (χ0n) is 9.29. The molecule has 3 N–H and O–H groups in total. The van der Waals surface area contributed by atoms with E-state index in [0.29, 0.717) is 18.3 Å². The zero-order chi connectivity index (χ0) is 10.9. The Morgan fingerprint density at radius 1 is 1.36 bits per heavy atom. The van der Waals surface area contributed by atoms with Crippen LogP contribution in [-0.4, -0.2) is 9.55 Å². The minimum Gasteiger partial charge on any atom is -0.384 e. The molecule has 0 aliphatic heterocycles. The van der Waals surface area contributed by atoms with E-state index in [0.717, 1.165) is 5.69 Å². The first-order chi connectivity index (χ1) is 6.43. The van der Waals surface area contributed by atoms with E-state index >= 15 is 0 Å². The van der Waals surface area contributed by atoms with Crippen LogP contribution in [0.25, 0.3) is 0 Å². The third-order valence-corrected chi connectivity index (χ3v) is 2.18. The lowest BCUT2D eigenvalue weighted by molar-refractivity contribution is 0.517. The number of anilines is 1. The predicted molar refractivity (Wildman–Crippen MR) is 58.4 cm³/mol. The van der Waals surface area contributed by atoms with Crippen molar-refractivity contribution in [2.45, 2.75) is 40.2 Å². The molecule has 0 unspecified atom stereocenters. The van der Waals surface area contributed by atoms with Crippen molar-refractivity contribution in [3.05, 3.63) is 16.2 Å². The molecule has 0 spiro atoms. The Kier molecular flexibility index (Phi) is 3.03. The molecule has 0 saturated carbocycles. The van der Waals surface area contributed by atoms with E-state index in [4.69, 9.17) is 5.73 Å². The van der Waals surface area contributed by atoms with E-state index in [-0.39, 0.29) is 11.6 Å². The average Bonchev–Trinajstić information content (AvgIpc) is 2.31. The highest BCUT2D eigenvalue weighted by atomic mass is 16.1. The lowest BCUT2D eigenvalue weighted by atomic mass is 10.1. The van der Waals surface area contributed by atoms with Crippen LogP contribution in [0.3, 0.4) is 0 Å². The monoisotopic (exact) mass is 197 g/mol. The van der Waals surface area contributed by atoms with Gasteiger partial charge < -0.3 is 10.7 Å². The molecule has 0 aromatic carbocycles. The third-order valence-electron chi connectivity index (χ3n) is 2.18. The Bertz CT molecular complexity index is 360. The van der Waals surface area contributed by atoms with Gasteiger partial charge in [-0.25, -0.2) is 4.79 Å². The van der Waals surface area contributed by atoms with Crippen LogP contribution in [0.5, 0.6) is 0 Å². The molecule has 0 aliphatic rings. The van der Waals surface area contributed by atoms with Gasteiger partial charge in [0.1, 0.15) is 5.82 Å². The van der Waals surface area contributed by atoms with Crippen LogP contribution >= 0.6 is 0 Å². The fraction of sp³-hybridized carbons (Fsp3) is 0.700. The Labute approximate surface area is 84.1 Å². The van der Waals surface area contributed by atoms with Gasteiger partial charge in [0, 0.05) is 6.54 Å². The fourth-order valence-electron chi connectivity index (χ4n) is 1.49. The van der Waals surface area contributed by atoms with E-state index in [9.17, 15) is 4.79 Å². The number of hydrogen-bond acceptors (Lipinski definition) is 2. The summed E-state index contributed by atoms with van der Waals surface area (Å²) in [5.74, 6) is 1.26. The molecule has 0 aliphatic carbocycles. The number of nitrogens with zero attached hydrogens (tertiary/aromatic N) is 1. The minimum absolute atomic E-state index is 0.0973. The molecule has 0 saturated heterocycles. The van der Waals surface area contributed by atoms with Gasteiger partial charge in [0.25, 0.3) is 0 Å². The number of hydrogen-bond donors (Lipinski definition) is 2. The molecule has 1 heterocycles. The molecule has 0 atom stereocenters. The van der Waals surface area contributed by atoms with Gasteiger partial charge in [-0.15, -0.1) is 0 Å². The lowest BCUT2D eigenvalue weighted by Gasteiger charge is -2.08. The minimum atomic E-state index is -0.0973. The second-order valence-electron chi connectivity index (χ2n) is 4.39. The topological polar surface area (TPSA) is 63.8 Å². The number of H-pyrrole nitrogens is 1. The number of nitrogens with one attached hydrogen (secondary N) is 1. The van der Waals surface area contributed by atoms with Crippen LogP contribution in [0.1, 0.15) is 39.3 Å². The highest BCUT2D eigenvalue weighted by Crippen LogP contribution is 2.18. The molecule has 80 valence electrons. The fourth-order valence-corrected chi connectivity index (χ4v) is 1.49. The molecular weight excluding hydrogens is 178 g/mol. The van der Waals surface area contributed by atoms with E-state index in [1.54, 1.807) is 4.57 Å². The molecule has 1 aromatic rings. The smallest absolute Gasteiger partial charge is 0.327 e. The number of nitrogen functional groups attached to an aromatic ring is 1. The molecule has 1 rings (SSSR count). The molecule has 0 radical (unpaired) electrons. The summed E-state index contributed by atoms with van der Waals surface area (Å²) < 4.78 is 1.61. The van der Waals surface area contributed by atoms with Gasteiger partial charge >= 0.3 is 5.69 Å². The zero-order valence-corrected chi connectivity index (χ0v) is 9.29. The quantitative estimate of drug-likeness (QED) is 0.772. The summed E-state index contributed by atoms with van der Waals surface area (Å²) in [6, 6.07) is 0. The van der Waals surface area contributed by atoms with Crippen molar-refractivity contribution in [3.63, 3.8) is 0 Å². The summed E-state index contributed by atoms with van der Waals surface area (Å²) in [5, 5.41) is 0. The Morgan fingerprint density at radius 3 is 2.29 bits per heavy atom. The second kappa shape index (κ2) is 3.90. The van der Waals surface area contributed by atoms with Crippen molar-refractivity contribution >= 4 is 5.82 Å². The van der Waals surface area contributed by atoms with E-state index < -0.39 is 0 Å². The number of imidazole rings is 1. The van der Waals surface area contributed by atoms with Crippen LogP contribution in [0, 0.1) is 5.92 Å². The molecule has 1 aromatic heterocycles. The first-order valence-corrected chi connectivity index (χ1v) is 5.01. The van der Waals surface area contributed by atoms with Crippen molar-refractivity contribution in [3.8, 4) is 0 Å². The third kappa shape index (κ3) is 2.00. The van der Waals surface area contributed by atoms with Gasteiger partial charge in [0.2, 0.25) is 0 Å². The van der Waals surface area contributed by atoms with E-state index in [1.807, 2.05) is 13.8 Å². The van der Waals surface area contributed by atoms with Crippen molar-refractivity contribution in [2.24, 2.45) is 5.92 Å². The molecule has 14 heavy (non-hydrogen) atoms. The SMILES string of the molecule is CC(C)Cn1c(N)c(C(C)C)[nH]c1=O. The summed E-state index contributed by atoms with van der Waals surface area (Å²) >= 11 is 0. The molecule has 0 amide bonds. The van der Waals surface area contributed by atoms with Crippen LogP contribution in [0.2, 0.25) is 0 Å². The van der Waals surface area contributed by atoms with E-state index in [2.05, 4.69) is 18.8 Å². The second-order valence-corrected chi connectivity index (χ2v) is 4.39. The van der Waals surface area contributed by atoms with Gasteiger partial charge in [-0.2, -0.15) is 0 Å². The summed E-state index contributed by atoms with van der Waals surface area (Å²) in [6.07, 6.45) is 0. The Hall–Kier alpha value is -1.19. The van der Waals surface area contributed by atoms with Crippen LogP contribution in [0.4, 0.5) is 5.82 Å². The molecular formula is C10H19N3O. The van der Waals surface area contributed by atoms with Gasteiger partial charge in [0.15, 0.2) is 0 Å². The normalized spacial score (nSPS) is 11.6. The van der Waals surface area contributed by atoms with Crippen LogP contribution in [-0.2, 0) is 6.54 Å². The number of aromatic nitrogens is 2. The van der Waals surface area contributed by atoms with Crippen molar-refractivity contribution in [1.82, 2.24) is 9.55 Å². The number of aromatic amines is 1. The summed E-state index contributed by atoms with van der Waals surface area (Å²) in [7, 11) is 0. The van der Waals surface area contributed by atoms with Crippen molar-refractivity contribution in [2.75, 3.05) is 5.73 Å². The number of rotatable bonds is 3. The van der Waals surface area contributed by atoms with Gasteiger partial charge in [-0.1, -0.05) is 27.7 Å². The average molecular weight is 197 g/mol. The molecule has 4 heteroatoms. The highest BCUT2D eigenvalue weighted by Gasteiger charge is 2.13. The maximum Gasteiger partial charge on any atom is 0.327 e. The van der Waals surface area contributed by atoms with Gasteiger partial charge in [-0.05, 0) is 11.8 Å². The van der Waals surface area contributed by atoms with Crippen molar-refractivity contribution in [1.29, 1.82) is 0 Å². The summed E-state index contributed by atoms with van der Waals surface area (Å²) in [6.45, 7) is 8.83. The lowest BCUT2D eigenvalue weighted by Crippen LogP contribution is -2.20. The van der Waals surface area contributed by atoms with Crippen molar-refractivity contribution < 1.29 is 0 Å². The van der Waals surface area contributed by atoms with E-state index in [1.165, 1.54) is 0 Å². The first-order valence-electron chi connectivity index (χ1n) is 5.01. The summed E-state index contributed by atoms with van der Waals surface area (Å²) in [5.41, 5.74) is 6.63. The highest BCUT2D eigenvalue weighted by molar-refractivity contribution is 5.37. The Morgan fingerprint density at radius 2 is 1.93 bits per heavy atom. The largest absolute Gasteiger partial charge is 0.384 e. The van der Waals surface area contributed by atoms with Gasteiger partial charge in [-0.3, -0.25) is 4.57 Å². The number of nitrogens with two attached hydrogens (primary N) is 1. The van der Waals surface area contributed by atoms with Crippen LogP contribution < -0.4 is 11.4 Å². The maximum absolute atomic E-state index is 11.5.